The summed E-state index contributed by atoms with van der Waals surface area (Å²) >= 11 is 3.61. The van der Waals surface area contributed by atoms with Crippen LogP contribution in [-0.4, -0.2) is 17.8 Å². The van der Waals surface area contributed by atoms with Gasteiger partial charge in [0.1, 0.15) is 5.78 Å². The van der Waals surface area contributed by atoms with Crippen molar-refractivity contribution in [2.24, 2.45) is 0 Å². The summed E-state index contributed by atoms with van der Waals surface area (Å²) in [5, 5.41) is 5.76. The van der Waals surface area contributed by atoms with E-state index in [9.17, 15) is 4.57 Å². The molecule has 0 aliphatic heterocycles. The Balaban J connectivity index is 1.84. The summed E-state index contributed by atoms with van der Waals surface area (Å²) < 4.78 is 28.8. The Morgan fingerprint density at radius 1 is 0.909 bits per heavy atom. The molecule has 0 saturated heterocycles. The average Bonchev–Trinajstić information content (AvgIpc) is 3.12. The molecule has 4 rings (SSSR count). The first kappa shape index (κ1) is 24.2. The SMILES string of the molecule is CCOP(=O)(OCC)C(NCc1ccccc1)c1ccc2c(c1)c1cc(Br)ccc1n2CC. The molecule has 7 heteroatoms. The first-order valence-corrected chi connectivity index (χ1v) is 13.8. The summed E-state index contributed by atoms with van der Waals surface area (Å²) in [6.45, 7) is 7.88. The lowest BCUT2D eigenvalue weighted by Crippen LogP contribution is -2.23. The van der Waals surface area contributed by atoms with Gasteiger partial charge in [-0.05, 0) is 62.2 Å². The number of nitrogens with zero attached hydrogens (tertiary/aromatic N) is 1. The Morgan fingerprint density at radius 2 is 1.55 bits per heavy atom. The van der Waals surface area contributed by atoms with Gasteiger partial charge in [0.25, 0.3) is 0 Å². The molecule has 4 aromatic rings. The third-order valence-electron chi connectivity index (χ3n) is 5.76. The zero-order valence-electron chi connectivity index (χ0n) is 19.3. The first-order valence-electron chi connectivity index (χ1n) is 11.4. The van der Waals surface area contributed by atoms with Crippen LogP contribution in [-0.2, 0) is 26.7 Å². The van der Waals surface area contributed by atoms with Gasteiger partial charge in [0.15, 0.2) is 0 Å². The number of nitrogens with one attached hydrogen (secondary N) is 1. The van der Waals surface area contributed by atoms with Gasteiger partial charge in [-0.25, -0.2) is 0 Å². The minimum atomic E-state index is -3.46. The molecule has 1 heterocycles. The molecule has 0 radical (unpaired) electrons. The number of hydrogen-bond acceptors (Lipinski definition) is 4. The monoisotopic (exact) mass is 528 g/mol. The molecule has 0 aliphatic rings. The van der Waals surface area contributed by atoms with Crippen molar-refractivity contribution in [3.63, 3.8) is 0 Å². The molecule has 174 valence electrons. The minimum Gasteiger partial charge on any atom is -0.341 e. The lowest BCUT2D eigenvalue weighted by atomic mass is 10.1. The van der Waals surface area contributed by atoms with Crippen LogP contribution in [0.2, 0.25) is 0 Å². The minimum absolute atomic E-state index is 0.311. The second-order valence-electron chi connectivity index (χ2n) is 7.83. The van der Waals surface area contributed by atoms with E-state index in [1.54, 1.807) is 0 Å². The molecule has 1 aromatic heterocycles. The summed E-state index contributed by atoms with van der Waals surface area (Å²) in [4.78, 5) is 0. The maximum absolute atomic E-state index is 13.9. The van der Waals surface area contributed by atoms with Gasteiger partial charge in [-0.15, -0.1) is 0 Å². The maximum Gasteiger partial charge on any atom is 0.351 e. The summed E-state index contributed by atoms with van der Waals surface area (Å²) in [5.41, 5.74) is 4.33. The van der Waals surface area contributed by atoms with Gasteiger partial charge < -0.3 is 13.6 Å². The Hall–Kier alpha value is -1.95. The second kappa shape index (κ2) is 10.5. The van der Waals surface area contributed by atoms with Crippen LogP contribution in [0.3, 0.4) is 0 Å². The van der Waals surface area contributed by atoms with Crippen molar-refractivity contribution in [3.8, 4) is 0 Å². The quantitative estimate of drug-likeness (QED) is 0.215. The number of hydrogen-bond donors (Lipinski definition) is 1. The Morgan fingerprint density at radius 3 is 2.18 bits per heavy atom. The van der Waals surface area contributed by atoms with Crippen molar-refractivity contribution in [2.45, 2.75) is 39.6 Å². The topological polar surface area (TPSA) is 52.5 Å². The van der Waals surface area contributed by atoms with Gasteiger partial charge in [-0.2, -0.15) is 0 Å². The summed E-state index contributed by atoms with van der Waals surface area (Å²) in [6.07, 6.45) is 0. The average molecular weight is 529 g/mol. The largest absolute Gasteiger partial charge is 0.351 e. The standard InChI is InChI=1S/C26H30BrN2O3P/c1-4-29-24-14-12-20(16-22(24)23-17-21(27)13-15-25(23)29)26(33(30,31-5-2)32-6-3)28-18-19-10-8-7-9-11-19/h7-17,26,28H,4-6,18H2,1-3H3. The van der Waals surface area contributed by atoms with Crippen molar-refractivity contribution < 1.29 is 13.6 Å². The molecule has 0 bridgehead atoms. The van der Waals surface area contributed by atoms with E-state index in [1.807, 2.05) is 50.2 Å². The molecule has 3 aromatic carbocycles. The Labute approximate surface area is 203 Å². The van der Waals surface area contributed by atoms with Crippen LogP contribution >= 0.6 is 23.5 Å². The van der Waals surface area contributed by atoms with E-state index in [0.29, 0.717) is 19.8 Å². The molecule has 0 fully saturated rings. The second-order valence-corrected chi connectivity index (χ2v) is 10.9. The zero-order valence-corrected chi connectivity index (χ0v) is 21.7. The third kappa shape index (κ3) is 4.96. The summed E-state index contributed by atoms with van der Waals surface area (Å²) in [7, 11) is -3.46. The Kier molecular flexibility index (Phi) is 7.72. The predicted octanol–water partition coefficient (Wildman–Crippen LogP) is 7.63. The number of benzene rings is 3. The highest BCUT2D eigenvalue weighted by Gasteiger charge is 2.37. The van der Waals surface area contributed by atoms with Crippen LogP contribution in [0.1, 0.15) is 37.7 Å². The van der Waals surface area contributed by atoms with Gasteiger partial charge in [0.2, 0.25) is 0 Å². The van der Waals surface area contributed by atoms with Crippen LogP contribution in [0.25, 0.3) is 21.8 Å². The smallest absolute Gasteiger partial charge is 0.341 e. The molecule has 33 heavy (non-hydrogen) atoms. The molecular weight excluding hydrogens is 499 g/mol. The molecular formula is C26H30BrN2O3P. The van der Waals surface area contributed by atoms with Crippen LogP contribution in [0.4, 0.5) is 0 Å². The fourth-order valence-electron chi connectivity index (χ4n) is 4.37. The van der Waals surface area contributed by atoms with Crippen molar-refractivity contribution in [1.82, 2.24) is 9.88 Å². The normalized spacial score (nSPS) is 13.1. The summed E-state index contributed by atoms with van der Waals surface area (Å²) in [6, 6.07) is 22.7. The molecule has 1 unspecified atom stereocenters. The highest BCUT2D eigenvalue weighted by Crippen LogP contribution is 2.60. The van der Waals surface area contributed by atoms with E-state index in [0.717, 1.165) is 38.4 Å². The highest BCUT2D eigenvalue weighted by molar-refractivity contribution is 9.10. The lowest BCUT2D eigenvalue weighted by molar-refractivity contribution is 0.207. The predicted molar refractivity (Wildman–Crippen MR) is 140 cm³/mol. The van der Waals surface area contributed by atoms with Gasteiger partial charge in [0.05, 0.1) is 13.2 Å². The third-order valence-corrected chi connectivity index (χ3v) is 8.60. The summed E-state index contributed by atoms with van der Waals surface area (Å²) in [5.74, 6) is -0.589. The van der Waals surface area contributed by atoms with Gasteiger partial charge in [-0.3, -0.25) is 9.88 Å². The molecule has 0 spiro atoms. The van der Waals surface area contributed by atoms with Crippen LogP contribution in [0, 0.1) is 0 Å². The van der Waals surface area contributed by atoms with Crippen LogP contribution in [0.5, 0.6) is 0 Å². The number of aryl methyl sites for hydroxylation is 1. The van der Waals surface area contributed by atoms with Crippen molar-refractivity contribution >= 4 is 45.3 Å². The van der Waals surface area contributed by atoms with E-state index in [1.165, 1.54) is 5.52 Å². The van der Waals surface area contributed by atoms with E-state index in [-0.39, 0.29) is 0 Å². The van der Waals surface area contributed by atoms with Crippen molar-refractivity contribution in [1.29, 1.82) is 0 Å². The molecule has 0 saturated carbocycles. The molecule has 1 atom stereocenters. The van der Waals surface area contributed by atoms with Gasteiger partial charge in [0, 0.05) is 39.4 Å². The molecule has 1 N–H and O–H groups in total. The van der Waals surface area contributed by atoms with Gasteiger partial charge in [-0.1, -0.05) is 52.3 Å². The zero-order chi connectivity index (χ0) is 23.4. The van der Waals surface area contributed by atoms with Gasteiger partial charge >= 0.3 is 7.60 Å². The maximum atomic E-state index is 13.9. The first-order chi connectivity index (χ1) is 16.0. The van der Waals surface area contributed by atoms with Crippen LogP contribution in [0.15, 0.2) is 71.2 Å². The number of fused-ring (bicyclic) bond motifs is 3. The lowest BCUT2D eigenvalue weighted by Gasteiger charge is -2.28. The highest BCUT2D eigenvalue weighted by atomic mass is 79.9. The number of rotatable bonds is 10. The number of aromatic nitrogens is 1. The van der Waals surface area contributed by atoms with E-state index < -0.39 is 13.4 Å². The van der Waals surface area contributed by atoms with E-state index >= 15 is 0 Å². The van der Waals surface area contributed by atoms with Crippen molar-refractivity contribution in [3.05, 3.63) is 82.3 Å². The number of halogens is 1. The fraction of sp³-hybridized carbons (Fsp3) is 0.308. The van der Waals surface area contributed by atoms with Crippen molar-refractivity contribution in [2.75, 3.05) is 13.2 Å². The fourth-order valence-corrected chi connectivity index (χ4v) is 6.67. The molecule has 5 nitrogen and oxygen atoms in total. The van der Waals surface area contributed by atoms with E-state index in [4.69, 9.17) is 9.05 Å². The Bertz CT molecular complexity index is 1280. The molecule has 0 amide bonds. The van der Waals surface area contributed by atoms with E-state index in [2.05, 4.69) is 63.1 Å². The molecule has 0 aliphatic carbocycles. The van der Waals surface area contributed by atoms with Crippen LogP contribution < -0.4 is 5.32 Å².